The van der Waals surface area contributed by atoms with Gasteiger partial charge in [-0.2, -0.15) is 0 Å². The molecule has 2 rings (SSSR count). The molecule has 1 aliphatic rings. The van der Waals surface area contributed by atoms with Crippen LogP contribution >= 0.6 is 11.6 Å². The van der Waals surface area contributed by atoms with Gasteiger partial charge in [0, 0.05) is 22.5 Å². The number of halogens is 1. The van der Waals surface area contributed by atoms with Crippen molar-refractivity contribution in [2.45, 2.75) is 25.7 Å². The van der Waals surface area contributed by atoms with Crippen LogP contribution in [0.25, 0.3) is 0 Å². The second-order valence-electron chi connectivity index (χ2n) is 5.05. The molecule has 0 bridgehead atoms. The third-order valence-electron chi connectivity index (χ3n) is 3.73. The van der Waals surface area contributed by atoms with Crippen LogP contribution in [-0.2, 0) is 0 Å². The molecule has 18 heavy (non-hydrogen) atoms. The summed E-state index contributed by atoms with van der Waals surface area (Å²) in [5.74, 6) is -0.105. The van der Waals surface area contributed by atoms with Crippen LogP contribution in [0.15, 0.2) is 24.3 Å². The summed E-state index contributed by atoms with van der Waals surface area (Å²) >= 11 is 5.78. The smallest absolute Gasteiger partial charge is 0.251 e. The molecule has 3 nitrogen and oxygen atoms in total. The lowest BCUT2D eigenvalue weighted by molar-refractivity contribution is 0.0880. The molecule has 1 aromatic rings. The van der Waals surface area contributed by atoms with Crippen LogP contribution < -0.4 is 5.32 Å². The monoisotopic (exact) mass is 267 g/mol. The summed E-state index contributed by atoms with van der Waals surface area (Å²) in [7, 11) is 0. The maximum absolute atomic E-state index is 11.9. The van der Waals surface area contributed by atoms with E-state index in [0.717, 1.165) is 25.7 Å². The Hall–Kier alpha value is -1.06. The molecule has 0 aliphatic heterocycles. The first-order valence-electron chi connectivity index (χ1n) is 6.30. The highest BCUT2D eigenvalue weighted by Crippen LogP contribution is 2.36. The van der Waals surface area contributed by atoms with Gasteiger partial charge in [0.2, 0.25) is 0 Å². The summed E-state index contributed by atoms with van der Waals surface area (Å²) < 4.78 is 0. The number of benzene rings is 1. The van der Waals surface area contributed by atoms with E-state index in [1.165, 1.54) is 0 Å². The SMILES string of the molecule is O=C(NCC1(CO)CCCC1)c1ccc(Cl)cc1. The van der Waals surface area contributed by atoms with Gasteiger partial charge < -0.3 is 10.4 Å². The number of aliphatic hydroxyl groups excluding tert-OH is 1. The summed E-state index contributed by atoms with van der Waals surface area (Å²) in [6.45, 7) is 0.693. The third kappa shape index (κ3) is 3.03. The van der Waals surface area contributed by atoms with Crippen molar-refractivity contribution in [3.05, 3.63) is 34.9 Å². The molecule has 1 fully saturated rings. The quantitative estimate of drug-likeness (QED) is 0.881. The minimum Gasteiger partial charge on any atom is -0.396 e. The number of carbonyl (C=O) groups excluding carboxylic acids is 1. The molecular weight excluding hydrogens is 250 g/mol. The van der Waals surface area contributed by atoms with Crippen molar-refractivity contribution in [2.24, 2.45) is 5.41 Å². The van der Waals surface area contributed by atoms with Gasteiger partial charge in [-0.3, -0.25) is 4.79 Å². The Balaban J connectivity index is 1.93. The Labute approximate surface area is 112 Å². The first-order chi connectivity index (χ1) is 8.65. The van der Waals surface area contributed by atoms with Gasteiger partial charge >= 0.3 is 0 Å². The zero-order valence-electron chi connectivity index (χ0n) is 10.3. The number of hydrogen-bond donors (Lipinski definition) is 2. The van der Waals surface area contributed by atoms with E-state index in [1.807, 2.05) is 0 Å². The molecule has 1 amide bonds. The van der Waals surface area contributed by atoms with Crippen LogP contribution in [0.5, 0.6) is 0 Å². The Morgan fingerprint density at radius 2 is 1.89 bits per heavy atom. The minimum absolute atomic E-state index is 0.105. The largest absolute Gasteiger partial charge is 0.396 e. The van der Waals surface area contributed by atoms with Gasteiger partial charge in [0.1, 0.15) is 0 Å². The fourth-order valence-electron chi connectivity index (χ4n) is 2.49. The number of nitrogens with one attached hydrogen (secondary N) is 1. The zero-order valence-corrected chi connectivity index (χ0v) is 11.0. The predicted molar refractivity (Wildman–Crippen MR) is 71.8 cm³/mol. The molecule has 2 N–H and O–H groups in total. The van der Waals surface area contributed by atoms with Gasteiger partial charge in [0.15, 0.2) is 0 Å². The van der Waals surface area contributed by atoms with E-state index in [0.29, 0.717) is 17.1 Å². The molecule has 98 valence electrons. The van der Waals surface area contributed by atoms with Crippen LogP contribution in [0, 0.1) is 5.41 Å². The molecule has 0 radical (unpaired) electrons. The van der Waals surface area contributed by atoms with E-state index in [4.69, 9.17) is 11.6 Å². The molecule has 0 spiro atoms. The molecule has 0 atom stereocenters. The number of hydrogen-bond acceptors (Lipinski definition) is 2. The maximum atomic E-state index is 11.9. The lowest BCUT2D eigenvalue weighted by Gasteiger charge is -2.26. The fourth-order valence-corrected chi connectivity index (χ4v) is 2.61. The van der Waals surface area contributed by atoms with Crippen LogP contribution in [0.3, 0.4) is 0 Å². The van der Waals surface area contributed by atoms with E-state index in [9.17, 15) is 9.90 Å². The van der Waals surface area contributed by atoms with Crippen molar-refractivity contribution < 1.29 is 9.90 Å². The fraction of sp³-hybridized carbons (Fsp3) is 0.500. The van der Waals surface area contributed by atoms with Gasteiger partial charge in [-0.05, 0) is 37.1 Å². The van der Waals surface area contributed by atoms with Crippen LogP contribution in [0.1, 0.15) is 36.0 Å². The van der Waals surface area contributed by atoms with Crippen molar-refractivity contribution in [2.75, 3.05) is 13.2 Å². The molecule has 0 heterocycles. The van der Waals surface area contributed by atoms with Crippen LogP contribution in [0.4, 0.5) is 0 Å². The Morgan fingerprint density at radius 1 is 1.28 bits per heavy atom. The van der Waals surface area contributed by atoms with E-state index in [2.05, 4.69) is 5.32 Å². The average molecular weight is 268 g/mol. The first-order valence-corrected chi connectivity index (χ1v) is 6.68. The minimum atomic E-state index is -0.109. The average Bonchev–Trinajstić information content (AvgIpc) is 2.86. The third-order valence-corrected chi connectivity index (χ3v) is 3.98. The summed E-state index contributed by atoms with van der Waals surface area (Å²) in [5, 5.41) is 13.0. The molecule has 0 saturated heterocycles. The van der Waals surface area contributed by atoms with E-state index >= 15 is 0 Å². The van der Waals surface area contributed by atoms with Gasteiger partial charge in [-0.25, -0.2) is 0 Å². The van der Waals surface area contributed by atoms with E-state index in [1.54, 1.807) is 24.3 Å². The molecule has 0 unspecified atom stereocenters. The second-order valence-corrected chi connectivity index (χ2v) is 5.49. The maximum Gasteiger partial charge on any atom is 0.251 e. The Bertz CT molecular complexity index is 410. The van der Waals surface area contributed by atoms with Crippen molar-refractivity contribution in [1.29, 1.82) is 0 Å². The lowest BCUT2D eigenvalue weighted by Crippen LogP contribution is -2.38. The predicted octanol–water partition coefficient (Wildman–Crippen LogP) is 2.62. The van der Waals surface area contributed by atoms with Crippen molar-refractivity contribution >= 4 is 17.5 Å². The van der Waals surface area contributed by atoms with Crippen molar-refractivity contribution in [1.82, 2.24) is 5.32 Å². The Kier molecular flexibility index (Phi) is 4.25. The highest BCUT2D eigenvalue weighted by atomic mass is 35.5. The number of carbonyl (C=O) groups is 1. The van der Waals surface area contributed by atoms with Gasteiger partial charge in [0.05, 0.1) is 6.61 Å². The summed E-state index contributed by atoms with van der Waals surface area (Å²) in [4.78, 5) is 11.9. The van der Waals surface area contributed by atoms with Gasteiger partial charge in [-0.1, -0.05) is 24.4 Å². The summed E-state index contributed by atoms with van der Waals surface area (Å²) in [5.41, 5.74) is 0.493. The standard InChI is InChI=1S/C14H18ClNO2/c15-12-5-3-11(4-6-12)13(18)16-9-14(10-17)7-1-2-8-14/h3-6,17H,1-2,7-10H2,(H,16,18). The zero-order chi connectivity index (χ0) is 13.0. The molecule has 1 aromatic carbocycles. The second kappa shape index (κ2) is 5.72. The highest BCUT2D eigenvalue weighted by molar-refractivity contribution is 6.30. The number of rotatable bonds is 4. The molecule has 1 aliphatic carbocycles. The normalized spacial score (nSPS) is 17.7. The van der Waals surface area contributed by atoms with E-state index < -0.39 is 0 Å². The lowest BCUT2D eigenvalue weighted by atomic mass is 9.87. The van der Waals surface area contributed by atoms with Crippen LogP contribution in [0.2, 0.25) is 5.02 Å². The van der Waals surface area contributed by atoms with Gasteiger partial charge in [0.25, 0.3) is 5.91 Å². The van der Waals surface area contributed by atoms with Crippen molar-refractivity contribution in [3.63, 3.8) is 0 Å². The number of aliphatic hydroxyl groups is 1. The van der Waals surface area contributed by atoms with Gasteiger partial charge in [-0.15, -0.1) is 0 Å². The molecular formula is C14H18ClNO2. The van der Waals surface area contributed by atoms with E-state index in [-0.39, 0.29) is 17.9 Å². The summed E-state index contributed by atoms with van der Waals surface area (Å²) in [6, 6.07) is 6.82. The van der Waals surface area contributed by atoms with Crippen molar-refractivity contribution in [3.8, 4) is 0 Å². The molecule has 4 heteroatoms. The topological polar surface area (TPSA) is 49.3 Å². The summed E-state index contributed by atoms with van der Waals surface area (Å²) in [6.07, 6.45) is 4.25. The molecule has 0 aromatic heterocycles. The van der Waals surface area contributed by atoms with Crippen LogP contribution in [-0.4, -0.2) is 24.2 Å². The number of amides is 1. The highest BCUT2D eigenvalue weighted by Gasteiger charge is 2.33. The Morgan fingerprint density at radius 3 is 2.44 bits per heavy atom. The molecule has 1 saturated carbocycles. The first kappa shape index (κ1) is 13.4.